The van der Waals surface area contributed by atoms with Crippen molar-refractivity contribution in [3.8, 4) is 0 Å². The number of carbonyl (C=O) groups excluding carboxylic acids is 1. The van der Waals surface area contributed by atoms with Gasteiger partial charge in [-0.25, -0.2) is 0 Å². The van der Waals surface area contributed by atoms with Gasteiger partial charge in [-0.2, -0.15) is 0 Å². The Labute approximate surface area is 126 Å². The second kappa shape index (κ2) is 7.15. The summed E-state index contributed by atoms with van der Waals surface area (Å²) in [4.78, 5) is 12.3. The van der Waals surface area contributed by atoms with Crippen LogP contribution in [0, 0.1) is 0 Å². The maximum atomic E-state index is 12.3. The van der Waals surface area contributed by atoms with Crippen molar-refractivity contribution in [2.24, 2.45) is 0 Å². The lowest BCUT2D eigenvalue weighted by Gasteiger charge is -2.16. The minimum absolute atomic E-state index is 0.110. The zero-order chi connectivity index (χ0) is 14.4. The molecular formula is C17H19NOS. The third-order valence-electron chi connectivity index (χ3n) is 3.19. The average Bonchev–Trinajstić information content (AvgIpc) is 2.52. The Morgan fingerprint density at radius 2 is 1.85 bits per heavy atom. The highest BCUT2D eigenvalue weighted by molar-refractivity contribution is 7.82. The molecule has 2 rings (SSSR count). The number of amides is 1. The number of thiol groups is 1. The molecule has 0 heterocycles. The Morgan fingerprint density at radius 1 is 1.10 bits per heavy atom. The van der Waals surface area contributed by atoms with Crippen molar-refractivity contribution in [2.45, 2.75) is 26.2 Å². The van der Waals surface area contributed by atoms with Crippen molar-refractivity contribution in [3.63, 3.8) is 0 Å². The van der Waals surface area contributed by atoms with Gasteiger partial charge in [-0.3, -0.25) is 9.10 Å². The summed E-state index contributed by atoms with van der Waals surface area (Å²) in [5, 5.41) is 0. The largest absolute Gasteiger partial charge is 0.268 e. The van der Waals surface area contributed by atoms with Crippen molar-refractivity contribution >= 4 is 24.4 Å². The quantitative estimate of drug-likeness (QED) is 0.801. The molecule has 0 radical (unpaired) electrons. The van der Waals surface area contributed by atoms with Gasteiger partial charge < -0.3 is 0 Å². The van der Waals surface area contributed by atoms with Crippen LogP contribution in [0.5, 0.6) is 0 Å². The minimum Gasteiger partial charge on any atom is -0.268 e. The number of aryl methyl sites for hydroxylation is 1. The molecule has 104 valence electrons. The van der Waals surface area contributed by atoms with Gasteiger partial charge in [0.2, 0.25) is 0 Å². The Hall–Kier alpha value is -1.74. The van der Waals surface area contributed by atoms with E-state index in [-0.39, 0.29) is 5.91 Å². The van der Waals surface area contributed by atoms with E-state index < -0.39 is 0 Å². The summed E-state index contributed by atoms with van der Waals surface area (Å²) in [7, 11) is 0. The molecule has 0 aromatic heterocycles. The fourth-order valence-corrected chi connectivity index (χ4v) is 2.28. The number of rotatable bonds is 5. The molecule has 0 fully saturated rings. The highest BCUT2D eigenvalue weighted by Crippen LogP contribution is 2.21. The summed E-state index contributed by atoms with van der Waals surface area (Å²) >= 11 is 4.35. The number of benzene rings is 2. The number of hydrogen-bond acceptors (Lipinski definition) is 2. The molecular weight excluding hydrogens is 266 g/mol. The van der Waals surface area contributed by atoms with E-state index in [0.717, 1.165) is 24.9 Å². The van der Waals surface area contributed by atoms with Gasteiger partial charge in [-0.15, -0.1) is 0 Å². The number of carbonyl (C=O) groups is 1. The van der Waals surface area contributed by atoms with Crippen LogP contribution >= 0.6 is 12.8 Å². The number of unbranched alkanes of at least 4 members (excludes halogenated alkanes) is 1. The van der Waals surface area contributed by atoms with E-state index in [1.165, 1.54) is 9.87 Å². The first-order valence-electron chi connectivity index (χ1n) is 6.89. The molecule has 1 amide bonds. The number of anilines is 1. The monoisotopic (exact) mass is 285 g/mol. The van der Waals surface area contributed by atoms with E-state index in [1.54, 1.807) is 12.1 Å². The molecule has 0 aliphatic rings. The average molecular weight is 285 g/mol. The Balaban J connectivity index is 2.16. The zero-order valence-electron chi connectivity index (χ0n) is 11.6. The molecule has 0 spiro atoms. The molecule has 3 heteroatoms. The molecule has 2 aromatic carbocycles. The Morgan fingerprint density at radius 3 is 2.55 bits per heavy atom. The lowest BCUT2D eigenvalue weighted by molar-refractivity contribution is 0.101. The van der Waals surface area contributed by atoms with Crippen LogP contribution in [-0.4, -0.2) is 5.91 Å². The third kappa shape index (κ3) is 3.64. The highest BCUT2D eigenvalue weighted by atomic mass is 32.1. The van der Waals surface area contributed by atoms with Crippen LogP contribution in [0.25, 0.3) is 0 Å². The van der Waals surface area contributed by atoms with Gasteiger partial charge >= 0.3 is 0 Å². The predicted octanol–water partition coefficient (Wildman–Crippen LogP) is 4.52. The summed E-state index contributed by atoms with van der Waals surface area (Å²) < 4.78 is 1.41. The van der Waals surface area contributed by atoms with E-state index in [1.807, 2.05) is 36.4 Å². The first kappa shape index (κ1) is 14.7. The van der Waals surface area contributed by atoms with Crippen molar-refractivity contribution in [1.29, 1.82) is 0 Å². The van der Waals surface area contributed by atoms with E-state index in [9.17, 15) is 4.79 Å². The maximum Gasteiger partial charge on any atom is 0.268 e. The van der Waals surface area contributed by atoms with E-state index in [0.29, 0.717) is 5.56 Å². The SMILES string of the molecule is CCCCc1cccc(N(S)C(=O)c2ccccc2)c1. The minimum atomic E-state index is -0.110. The number of hydrogen-bond donors (Lipinski definition) is 1. The van der Waals surface area contributed by atoms with E-state index in [2.05, 4.69) is 25.8 Å². The molecule has 0 N–H and O–H groups in total. The third-order valence-corrected chi connectivity index (χ3v) is 3.60. The lowest BCUT2D eigenvalue weighted by atomic mass is 10.1. The van der Waals surface area contributed by atoms with Gasteiger partial charge in [0, 0.05) is 5.56 Å². The van der Waals surface area contributed by atoms with Crippen LogP contribution in [0.2, 0.25) is 0 Å². The summed E-state index contributed by atoms with van der Waals surface area (Å²) in [6, 6.07) is 17.2. The van der Waals surface area contributed by atoms with Gasteiger partial charge in [0.1, 0.15) is 0 Å². The van der Waals surface area contributed by atoms with E-state index >= 15 is 0 Å². The van der Waals surface area contributed by atoms with Gasteiger partial charge in [0.25, 0.3) is 5.91 Å². The molecule has 0 unspecified atom stereocenters. The molecule has 0 bridgehead atoms. The second-order valence-corrected chi connectivity index (χ2v) is 5.16. The van der Waals surface area contributed by atoms with Crippen LogP contribution in [0.4, 0.5) is 5.69 Å². The number of nitrogens with zero attached hydrogens (tertiary/aromatic N) is 1. The fourth-order valence-electron chi connectivity index (χ4n) is 2.04. The summed E-state index contributed by atoms with van der Waals surface area (Å²) in [5.74, 6) is -0.110. The van der Waals surface area contributed by atoms with Gasteiger partial charge in [-0.05, 0) is 42.7 Å². The zero-order valence-corrected chi connectivity index (χ0v) is 12.5. The van der Waals surface area contributed by atoms with Crippen molar-refractivity contribution in [3.05, 3.63) is 65.7 Å². The Kier molecular flexibility index (Phi) is 5.24. The topological polar surface area (TPSA) is 20.3 Å². The summed E-state index contributed by atoms with van der Waals surface area (Å²) in [5.41, 5.74) is 2.70. The second-order valence-electron chi connectivity index (χ2n) is 4.76. The predicted molar refractivity (Wildman–Crippen MR) is 87.3 cm³/mol. The first-order chi connectivity index (χ1) is 9.72. The summed E-state index contributed by atoms with van der Waals surface area (Å²) in [6.07, 6.45) is 3.35. The van der Waals surface area contributed by atoms with Crippen LogP contribution in [-0.2, 0) is 6.42 Å². The molecule has 0 saturated heterocycles. The maximum absolute atomic E-state index is 12.3. The van der Waals surface area contributed by atoms with Crippen LogP contribution in [0.15, 0.2) is 54.6 Å². The van der Waals surface area contributed by atoms with Crippen LogP contribution in [0.1, 0.15) is 35.7 Å². The smallest absolute Gasteiger partial charge is 0.268 e. The van der Waals surface area contributed by atoms with Crippen LogP contribution in [0.3, 0.4) is 0 Å². The standard InChI is InChI=1S/C17H19NOS/c1-2-3-8-14-9-7-12-16(13-14)18(20)17(19)15-10-5-4-6-11-15/h4-7,9-13,20H,2-3,8H2,1H3. The Bertz CT molecular complexity index is 568. The van der Waals surface area contributed by atoms with Gasteiger partial charge in [-0.1, -0.05) is 56.5 Å². The molecule has 2 aromatic rings. The van der Waals surface area contributed by atoms with Crippen molar-refractivity contribution in [2.75, 3.05) is 4.31 Å². The normalized spacial score (nSPS) is 10.3. The first-order valence-corrected chi connectivity index (χ1v) is 7.29. The molecule has 0 aliphatic heterocycles. The molecule has 2 nitrogen and oxygen atoms in total. The highest BCUT2D eigenvalue weighted by Gasteiger charge is 2.14. The van der Waals surface area contributed by atoms with Crippen LogP contribution < -0.4 is 4.31 Å². The van der Waals surface area contributed by atoms with Gasteiger partial charge in [0.15, 0.2) is 0 Å². The van der Waals surface area contributed by atoms with Crippen molar-refractivity contribution in [1.82, 2.24) is 0 Å². The fraction of sp³-hybridized carbons (Fsp3) is 0.235. The van der Waals surface area contributed by atoms with Crippen molar-refractivity contribution < 1.29 is 4.79 Å². The molecule has 0 atom stereocenters. The molecule has 0 saturated carbocycles. The lowest BCUT2D eigenvalue weighted by Crippen LogP contribution is -2.20. The molecule has 20 heavy (non-hydrogen) atoms. The summed E-state index contributed by atoms with van der Waals surface area (Å²) in [6.45, 7) is 2.17. The van der Waals surface area contributed by atoms with Gasteiger partial charge in [0.05, 0.1) is 5.69 Å². The van der Waals surface area contributed by atoms with E-state index in [4.69, 9.17) is 0 Å². The molecule has 0 aliphatic carbocycles.